The fourth-order valence-corrected chi connectivity index (χ4v) is 3.34. The molecule has 1 aliphatic rings. The number of piperazine rings is 1. The second kappa shape index (κ2) is 9.97. The summed E-state index contributed by atoms with van der Waals surface area (Å²) in [7, 11) is 0. The molecule has 0 radical (unpaired) electrons. The molecule has 1 aliphatic heterocycles. The van der Waals surface area contributed by atoms with Gasteiger partial charge in [-0.2, -0.15) is 0 Å². The van der Waals surface area contributed by atoms with Gasteiger partial charge in [0.05, 0.1) is 12.5 Å². The molecule has 2 unspecified atom stereocenters. The Morgan fingerprint density at radius 3 is 2.82 bits per heavy atom. The van der Waals surface area contributed by atoms with Crippen molar-refractivity contribution in [1.29, 1.82) is 0 Å². The van der Waals surface area contributed by atoms with Crippen LogP contribution in [0.4, 0.5) is 0 Å². The average molecular weight is 470 g/mol. The van der Waals surface area contributed by atoms with Gasteiger partial charge in [-0.25, -0.2) is 0 Å². The second-order valence-corrected chi connectivity index (χ2v) is 7.88. The summed E-state index contributed by atoms with van der Waals surface area (Å²) in [4.78, 5) is 38.5. The molecule has 2 N–H and O–H groups in total. The molecule has 0 spiro atoms. The van der Waals surface area contributed by atoms with Crippen LogP contribution in [0.3, 0.4) is 0 Å². The number of carbonyl (C=O) groups is 3. The molecule has 0 bridgehead atoms. The number of hydrogen-bond donors (Lipinski definition) is 2. The van der Waals surface area contributed by atoms with Gasteiger partial charge in [-0.15, -0.1) is 0 Å². The molecule has 1 saturated heterocycles. The van der Waals surface area contributed by atoms with Crippen molar-refractivity contribution >= 4 is 51.0 Å². The van der Waals surface area contributed by atoms with Crippen molar-refractivity contribution < 1.29 is 19.1 Å². The largest absolute Gasteiger partial charge is 0.463 e. The van der Waals surface area contributed by atoms with E-state index in [9.17, 15) is 14.4 Å². The van der Waals surface area contributed by atoms with E-state index in [1.807, 2.05) is 19.9 Å². The van der Waals surface area contributed by atoms with E-state index in [4.69, 9.17) is 17.0 Å². The van der Waals surface area contributed by atoms with Crippen LogP contribution in [0.1, 0.15) is 42.6 Å². The van der Waals surface area contributed by atoms with Crippen LogP contribution in [-0.4, -0.2) is 53.0 Å². The lowest BCUT2D eigenvalue weighted by Gasteiger charge is -2.36. The Bertz CT molecular complexity index is 786. The number of thiocarbonyl (C=S) groups is 1. The van der Waals surface area contributed by atoms with E-state index in [1.54, 1.807) is 24.0 Å². The lowest BCUT2D eigenvalue weighted by molar-refractivity contribution is -0.151. The van der Waals surface area contributed by atoms with Gasteiger partial charge in [-0.1, -0.05) is 28.9 Å². The number of carbonyl (C=O) groups excluding carboxylic acids is 3. The van der Waals surface area contributed by atoms with Crippen LogP contribution in [0, 0.1) is 6.92 Å². The molecule has 1 fully saturated rings. The van der Waals surface area contributed by atoms with E-state index in [1.165, 1.54) is 0 Å². The van der Waals surface area contributed by atoms with E-state index < -0.39 is 12.0 Å². The standard InChI is InChI=1S/C19H24BrN3O4S/c1-4-12(3)27-16(24)10-15-18(26)21-7-8-23(15)19(28)22-17(25)13-6-5-11(2)14(20)9-13/h5-6,9,12,15H,4,7-8,10H2,1-3H3,(H,21,26)(H,22,25,28). The van der Waals surface area contributed by atoms with E-state index in [-0.39, 0.29) is 29.5 Å². The van der Waals surface area contributed by atoms with Crippen molar-refractivity contribution in [3.05, 3.63) is 33.8 Å². The number of rotatable bonds is 5. The molecular weight excluding hydrogens is 446 g/mol. The van der Waals surface area contributed by atoms with Crippen molar-refractivity contribution in [2.75, 3.05) is 13.1 Å². The van der Waals surface area contributed by atoms with Crippen molar-refractivity contribution in [3.63, 3.8) is 0 Å². The Labute approximate surface area is 178 Å². The first-order chi connectivity index (χ1) is 13.2. The number of hydrogen-bond acceptors (Lipinski definition) is 5. The first kappa shape index (κ1) is 22.3. The van der Waals surface area contributed by atoms with Crippen LogP contribution < -0.4 is 10.6 Å². The molecule has 1 aromatic rings. The first-order valence-corrected chi connectivity index (χ1v) is 10.3. The molecule has 152 valence electrons. The van der Waals surface area contributed by atoms with E-state index in [0.717, 1.165) is 10.0 Å². The zero-order valence-electron chi connectivity index (χ0n) is 16.1. The second-order valence-electron chi connectivity index (χ2n) is 6.64. The number of halogens is 1. The summed E-state index contributed by atoms with van der Waals surface area (Å²) >= 11 is 8.75. The number of nitrogens with one attached hydrogen (secondary N) is 2. The predicted octanol–water partition coefficient (Wildman–Crippen LogP) is 2.30. The minimum atomic E-state index is -0.817. The minimum Gasteiger partial charge on any atom is -0.463 e. The maximum absolute atomic E-state index is 12.5. The van der Waals surface area contributed by atoms with Gasteiger partial charge in [0.15, 0.2) is 5.11 Å². The summed E-state index contributed by atoms with van der Waals surface area (Å²) in [5, 5.41) is 5.48. The Kier molecular flexibility index (Phi) is 7.94. The Hall–Kier alpha value is -2.00. The molecule has 0 aliphatic carbocycles. The quantitative estimate of drug-likeness (QED) is 0.508. The molecule has 2 atom stereocenters. The lowest BCUT2D eigenvalue weighted by atomic mass is 10.1. The number of benzene rings is 1. The highest BCUT2D eigenvalue weighted by molar-refractivity contribution is 9.10. The normalized spacial score (nSPS) is 17.5. The number of nitrogens with zero attached hydrogens (tertiary/aromatic N) is 1. The fraction of sp³-hybridized carbons (Fsp3) is 0.474. The van der Waals surface area contributed by atoms with Crippen LogP contribution in [0.2, 0.25) is 0 Å². The maximum atomic E-state index is 12.5. The van der Waals surface area contributed by atoms with Gasteiger partial charge < -0.3 is 15.0 Å². The number of ether oxygens (including phenoxy) is 1. The molecule has 2 amide bonds. The molecule has 1 aromatic carbocycles. The lowest BCUT2D eigenvalue weighted by Crippen LogP contribution is -2.60. The molecule has 9 heteroatoms. The minimum absolute atomic E-state index is 0.109. The molecule has 7 nitrogen and oxygen atoms in total. The van der Waals surface area contributed by atoms with Crippen molar-refractivity contribution in [2.45, 2.75) is 45.8 Å². The Morgan fingerprint density at radius 2 is 2.18 bits per heavy atom. The van der Waals surface area contributed by atoms with Crippen molar-refractivity contribution in [3.8, 4) is 0 Å². The average Bonchev–Trinajstić information content (AvgIpc) is 2.65. The molecule has 0 saturated carbocycles. The highest BCUT2D eigenvalue weighted by Crippen LogP contribution is 2.18. The molecular formula is C19H24BrN3O4S. The monoisotopic (exact) mass is 469 g/mol. The third-order valence-corrected chi connectivity index (χ3v) is 5.70. The van der Waals surface area contributed by atoms with Gasteiger partial charge in [0.25, 0.3) is 5.91 Å². The van der Waals surface area contributed by atoms with Gasteiger partial charge in [-0.3, -0.25) is 19.7 Å². The van der Waals surface area contributed by atoms with Crippen molar-refractivity contribution in [2.24, 2.45) is 0 Å². The Balaban J connectivity index is 2.07. The highest BCUT2D eigenvalue weighted by atomic mass is 79.9. The summed E-state index contributed by atoms with van der Waals surface area (Å²) in [5.74, 6) is -1.17. The fourth-order valence-electron chi connectivity index (χ4n) is 2.65. The molecule has 1 heterocycles. The van der Waals surface area contributed by atoms with Gasteiger partial charge >= 0.3 is 5.97 Å². The third kappa shape index (κ3) is 5.75. The van der Waals surface area contributed by atoms with Crippen LogP contribution in [0.5, 0.6) is 0 Å². The number of aryl methyl sites for hydroxylation is 1. The van der Waals surface area contributed by atoms with Gasteiger partial charge in [0, 0.05) is 23.1 Å². The molecule has 2 rings (SSSR count). The topological polar surface area (TPSA) is 87.7 Å². The highest BCUT2D eigenvalue weighted by Gasteiger charge is 2.34. The zero-order valence-corrected chi connectivity index (χ0v) is 18.5. The summed E-state index contributed by atoms with van der Waals surface area (Å²) in [5.41, 5.74) is 1.45. The molecule has 0 aromatic heterocycles. The SMILES string of the molecule is CCC(C)OC(=O)CC1C(=O)NCCN1C(=S)NC(=O)c1ccc(C)c(Br)c1. The maximum Gasteiger partial charge on any atom is 0.308 e. The number of amides is 2. The summed E-state index contributed by atoms with van der Waals surface area (Å²) in [6.45, 7) is 6.39. The summed E-state index contributed by atoms with van der Waals surface area (Å²) in [6.07, 6.45) is 0.328. The smallest absolute Gasteiger partial charge is 0.308 e. The third-order valence-electron chi connectivity index (χ3n) is 4.51. The van der Waals surface area contributed by atoms with Gasteiger partial charge in [0.2, 0.25) is 5.91 Å². The van der Waals surface area contributed by atoms with E-state index in [0.29, 0.717) is 25.1 Å². The van der Waals surface area contributed by atoms with Gasteiger partial charge in [0.1, 0.15) is 6.04 Å². The van der Waals surface area contributed by atoms with Gasteiger partial charge in [-0.05, 0) is 50.2 Å². The van der Waals surface area contributed by atoms with E-state index in [2.05, 4.69) is 26.6 Å². The van der Waals surface area contributed by atoms with Crippen LogP contribution in [-0.2, 0) is 14.3 Å². The molecule has 28 heavy (non-hydrogen) atoms. The Morgan fingerprint density at radius 1 is 1.46 bits per heavy atom. The number of esters is 1. The van der Waals surface area contributed by atoms with Crippen LogP contribution >= 0.6 is 28.1 Å². The summed E-state index contributed by atoms with van der Waals surface area (Å²) < 4.78 is 6.09. The van der Waals surface area contributed by atoms with Crippen LogP contribution in [0.15, 0.2) is 22.7 Å². The predicted molar refractivity (Wildman–Crippen MR) is 113 cm³/mol. The van der Waals surface area contributed by atoms with Crippen molar-refractivity contribution in [1.82, 2.24) is 15.5 Å². The first-order valence-electron chi connectivity index (χ1n) is 9.08. The zero-order chi connectivity index (χ0) is 20.8. The summed E-state index contributed by atoms with van der Waals surface area (Å²) in [6, 6.07) is 4.41. The van der Waals surface area contributed by atoms with E-state index >= 15 is 0 Å². The van der Waals surface area contributed by atoms with Crippen LogP contribution in [0.25, 0.3) is 0 Å².